The van der Waals surface area contributed by atoms with Crippen molar-refractivity contribution in [2.75, 3.05) is 32.1 Å². The molecule has 106 valence electrons. The van der Waals surface area contributed by atoms with Crippen molar-refractivity contribution in [3.8, 4) is 0 Å². The number of esters is 1. The Hall–Kier alpha value is -1.62. The molecule has 0 aliphatic carbocycles. The Labute approximate surface area is 113 Å². The third kappa shape index (κ3) is 4.87. The van der Waals surface area contributed by atoms with Crippen LogP contribution in [-0.2, 0) is 9.53 Å². The molecule has 1 aromatic rings. The summed E-state index contributed by atoms with van der Waals surface area (Å²) in [6.07, 6.45) is 0.628. The van der Waals surface area contributed by atoms with Gasteiger partial charge >= 0.3 is 5.97 Å². The lowest BCUT2D eigenvalue weighted by Crippen LogP contribution is -2.38. The number of likely N-dealkylation sites (N-methyl/N-ethyl adjacent to an activating group) is 1. The maximum absolute atomic E-state index is 12.8. The fraction of sp³-hybridized carbons (Fsp3) is 0.500. The zero-order valence-electron chi connectivity index (χ0n) is 11.6. The van der Waals surface area contributed by atoms with Gasteiger partial charge in [0.15, 0.2) is 0 Å². The number of rotatable bonds is 7. The highest BCUT2D eigenvalue weighted by Crippen LogP contribution is 2.13. The van der Waals surface area contributed by atoms with E-state index in [2.05, 4.69) is 5.32 Å². The first-order valence-corrected chi connectivity index (χ1v) is 6.39. The first-order valence-electron chi connectivity index (χ1n) is 6.39. The van der Waals surface area contributed by atoms with E-state index < -0.39 is 0 Å². The Morgan fingerprint density at radius 3 is 2.58 bits per heavy atom. The summed E-state index contributed by atoms with van der Waals surface area (Å²) in [6.45, 7) is 2.84. The van der Waals surface area contributed by atoms with Crippen molar-refractivity contribution < 1.29 is 13.9 Å². The molecule has 4 nitrogen and oxygen atoms in total. The van der Waals surface area contributed by atoms with Gasteiger partial charge in [0.1, 0.15) is 11.9 Å². The largest absolute Gasteiger partial charge is 0.465 e. The SMILES string of the molecule is CCOC(=O)C(CCN(C)c1ccc(F)cc1)NC. The molecular weight excluding hydrogens is 247 g/mol. The van der Waals surface area contributed by atoms with Crippen LogP contribution in [0.3, 0.4) is 0 Å². The molecule has 0 radical (unpaired) electrons. The zero-order chi connectivity index (χ0) is 14.3. The summed E-state index contributed by atoms with van der Waals surface area (Å²) in [4.78, 5) is 13.6. The highest BCUT2D eigenvalue weighted by Gasteiger charge is 2.17. The smallest absolute Gasteiger partial charge is 0.323 e. The number of hydrogen-bond acceptors (Lipinski definition) is 4. The van der Waals surface area contributed by atoms with Crippen LogP contribution in [0.25, 0.3) is 0 Å². The van der Waals surface area contributed by atoms with Gasteiger partial charge in [0, 0.05) is 19.3 Å². The number of anilines is 1. The van der Waals surface area contributed by atoms with Gasteiger partial charge < -0.3 is 15.0 Å². The lowest BCUT2D eigenvalue weighted by molar-refractivity contribution is -0.145. The quantitative estimate of drug-likeness (QED) is 0.766. The van der Waals surface area contributed by atoms with Gasteiger partial charge in [0.2, 0.25) is 0 Å². The minimum atomic E-state index is -0.317. The molecule has 0 saturated heterocycles. The summed E-state index contributed by atoms with van der Waals surface area (Å²) in [5, 5.41) is 2.94. The Balaban J connectivity index is 2.50. The number of benzene rings is 1. The molecule has 0 spiro atoms. The summed E-state index contributed by atoms with van der Waals surface area (Å²) in [5.41, 5.74) is 0.917. The van der Waals surface area contributed by atoms with Crippen molar-refractivity contribution in [2.45, 2.75) is 19.4 Å². The zero-order valence-corrected chi connectivity index (χ0v) is 11.6. The van der Waals surface area contributed by atoms with Crippen molar-refractivity contribution in [1.82, 2.24) is 5.32 Å². The van der Waals surface area contributed by atoms with Crippen LogP contribution in [0.2, 0.25) is 0 Å². The van der Waals surface area contributed by atoms with Gasteiger partial charge in [-0.05, 0) is 44.7 Å². The minimum Gasteiger partial charge on any atom is -0.465 e. The number of carbonyl (C=O) groups excluding carboxylic acids is 1. The topological polar surface area (TPSA) is 41.6 Å². The van der Waals surface area contributed by atoms with Gasteiger partial charge in [-0.1, -0.05) is 0 Å². The predicted molar refractivity (Wildman–Crippen MR) is 73.8 cm³/mol. The maximum atomic E-state index is 12.8. The van der Waals surface area contributed by atoms with Gasteiger partial charge in [-0.15, -0.1) is 0 Å². The molecule has 0 fully saturated rings. The summed E-state index contributed by atoms with van der Waals surface area (Å²) in [5.74, 6) is -0.491. The van der Waals surface area contributed by atoms with E-state index in [1.807, 2.05) is 11.9 Å². The van der Waals surface area contributed by atoms with Crippen LogP contribution >= 0.6 is 0 Å². The van der Waals surface area contributed by atoms with Crippen LogP contribution in [0.5, 0.6) is 0 Å². The predicted octanol–water partition coefficient (Wildman–Crippen LogP) is 1.80. The summed E-state index contributed by atoms with van der Waals surface area (Å²) < 4.78 is 17.8. The van der Waals surface area contributed by atoms with Crippen molar-refractivity contribution in [1.29, 1.82) is 0 Å². The fourth-order valence-electron chi connectivity index (χ4n) is 1.77. The first kappa shape index (κ1) is 15.4. The molecule has 0 aliphatic heterocycles. The van der Waals surface area contributed by atoms with E-state index in [0.717, 1.165) is 5.69 Å². The molecule has 1 atom stereocenters. The van der Waals surface area contributed by atoms with Crippen LogP contribution in [-0.4, -0.2) is 39.3 Å². The summed E-state index contributed by atoms with van der Waals surface area (Å²) in [6, 6.07) is 5.96. The molecule has 0 aliphatic rings. The standard InChI is InChI=1S/C14H21FN2O2/c1-4-19-14(18)13(16-2)9-10-17(3)12-7-5-11(15)6-8-12/h5-8,13,16H,4,9-10H2,1-3H3. The molecule has 0 amide bonds. The van der Waals surface area contributed by atoms with Gasteiger partial charge in [-0.25, -0.2) is 4.39 Å². The lowest BCUT2D eigenvalue weighted by Gasteiger charge is -2.22. The molecule has 19 heavy (non-hydrogen) atoms. The van der Waals surface area contributed by atoms with Gasteiger partial charge in [0.05, 0.1) is 6.61 Å². The molecule has 0 aromatic heterocycles. The second-order valence-corrected chi connectivity index (χ2v) is 4.28. The molecule has 5 heteroatoms. The van der Waals surface area contributed by atoms with Gasteiger partial charge in [-0.2, -0.15) is 0 Å². The first-order chi connectivity index (χ1) is 9.08. The molecule has 0 saturated carbocycles. The second kappa shape index (κ2) is 7.74. The number of halogens is 1. The van der Waals surface area contributed by atoms with Crippen molar-refractivity contribution in [2.24, 2.45) is 0 Å². The number of carbonyl (C=O) groups is 1. The van der Waals surface area contributed by atoms with Gasteiger partial charge in [-0.3, -0.25) is 4.79 Å². The summed E-state index contributed by atoms with van der Waals surface area (Å²) >= 11 is 0. The number of ether oxygens (including phenoxy) is 1. The van der Waals surface area contributed by atoms with Crippen molar-refractivity contribution in [3.05, 3.63) is 30.1 Å². The van der Waals surface area contributed by atoms with E-state index in [0.29, 0.717) is 19.6 Å². The maximum Gasteiger partial charge on any atom is 0.323 e. The highest BCUT2D eigenvalue weighted by atomic mass is 19.1. The molecule has 1 rings (SSSR count). The lowest BCUT2D eigenvalue weighted by atomic mass is 10.2. The molecule has 1 aromatic carbocycles. The number of hydrogen-bond donors (Lipinski definition) is 1. The highest BCUT2D eigenvalue weighted by molar-refractivity contribution is 5.75. The monoisotopic (exact) mass is 268 g/mol. The third-order valence-electron chi connectivity index (χ3n) is 2.94. The Kier molecular flexibility index (Phi) is 6.29. The molecular formula is C14H21FN2O2. The molecule has 1 N–H and O–H groups in total. The number of nitrogens with zero attached hydrogens (tertiary/aromatic N) is 1. The Morgan fingerprint density at radius 1 is 1.42 bits per heavy atom. The van der Waals surface area contributed by atoms with E-state index in [-0.39, 0.29) is 17.8 Å². The molecule has 0 heterocycles. The summed E-state index contributed by atoms with van der Waals surface area (Å²) in [7, 11) is 3.64. The average Bonchev–Trinajstić information content (AvgIpc) is 2.40. The van der Waals surface area contributed by atoms with Gasteiger partial charge in [0.25, 0.3) is 0 Å². The Morgan fingerprint density at radius 2 is 2.05 bits per heavy atom. The van der Waals surface area contributed by atoms with E-state index >= 15 is 0 Å². The van der Waals surface area contributed by atoms with Crippen molar-refractivity contribution in [3.63, 3.8) is 0 Å². The van der Waals surface area contributed by atoms with E-state index in [9.17, 15) is 9.18 Å². The average molecular weight is 268 g/mol. The van der Waals surface area contributed by atoms with Crippen LogP contribution in [0.4, 0.5) is 10.1 Å². The minimum absolute atomic E-state index is 0.238. The van der Waals surface area contributed by atoms with Crippen molar-refractivity contribution >= 4 is 11.7 Å². The van der Waals surface area contributed by atoms with E-state index in [1.165, 1.54) is 12.1 Å². The van der Waals surface area contributed by atoms with Crippen LogP contribution < -0.4 is 10.2 Å². The van der Waals surface area contributed by atoms with E-state index in [4.69, 9.17) is 4.74 Å². The second-order valence-electron chi connectivity index (χ2n) is 4.28. The number of nitrogens with one attached hydrogen (secondary N) is 1. The molecule has 0 bridgehead atoms. The Bertz CT molecular complexity index is 395. The normalized spacial score (nSPS) is 12.0. The van der Waals surface area contributed by atoms with Crippen LogP contribution in [0, 0.1) is 5.82 Å². The molecule has 1 unspecified atom stereocenters. The third-order valence-corrected chi connectivity index (χ3v) is 2.94. The van der Waals surface area contributed by atoms with Crippen LogP contribution in [0.1, 0.15) is 13.3 Å². The van der Waals surface area contributed by atoms with E-state index in [1.54, 1.807) is 26.1 Å². The van der Waals surface area contributed by atoms with Crippen LogP contribution in [0.15, 0.2) is 24.3 Å². The fourth-order valence-corrected chi connectivity index (χ4v) is 1.77.